The van der Waals surface area contributed by atoms with Crippen LogP contribution in [0.1, 0.15) is 56.7 Å². The average molecular weight is 479 g/mol. The fourth-order valence-corrected chi connectivity index (χ4v) is 6.53. The molecule has 0 saturated carbocycles. The number of carbonyl (C=O) groups excluding carboxylic acids is 1. The second-order valence-corrected chi connectivity index (χ2v) is 10.4. The summed E-state index contributed by atoms with van der Waals surface area (Å²) in [6, 6.07) is 12.5. The van der Waals surface area contributed by atoms with Crippen molar-refractivity contribution in [2.45, 2.75) is 58.1 Å². The van der Waals surface area contributed by atoms with E-state index in [2.05, 4.69) is 42.3 Å². The molecule has 2 atom stereocenters. The number of carbonyl (C=O) groups is 1. The predicted molar refractivity (Wildman–Crippen MR) is 137 cm³/mol. The predicted octanol–water partition coefficient (Wildman–Crippen LogP) is 5.59. The van der Waals surface area contributed by atoms with Crippen LogP contribution in [-0.4, -0.2) is 51.0 Å². The molecule has 0 aromatic heterocycles. The van der Waals surface area contributed by atoms with Gasteiger partial charge in [-0.15, -0.1) is 0 Å². The van der Waals surface area contributed by atoms with Gasteiger partial charge >= 0.3 is 6.09 Å². The number of hydrogen-bond acceptors (Lipinski definition) is 5. The van der Waals surface area contributed by atoms with Crippen LogP contribution in [0.3, 0.4) is 0 Å². The largest absolute Gasteiger partial charge is 0.497 e. The van der Waals surface area contributed by atoms with Crippen LogP contribution in [0, 0.1) is 11.3 Å². The SMILES string of the molecule is CCC1(CC)Cc2cc(-c3ccc(OC)cc3OC)ccc2C1NC(=O)O[C@@H]1CN2CCC1CC2. The van der Waals surface area contributed by atoms with Gasteiger partial charge in [0.15, 0.2) is 0 Å². The third-order valence-corrected chi connectivity index (χ3v) is 8.85. The van der Waals surface area contributed by atoms with Crippen molar-refractivity contribution in [3.8, 4) is 22.6 Å². The van der Waals surface area contributed by atoms with E-state index in [9.17, 15) is 4.79 Å². The number of fused-ring (bicyclic) bond motifs is 4. The van der Waals surface area contributed by atoms with Gasteiger partial charge in [0, 0.05) is 18.2 Å². The van der Waals surface area contributed by atoms with Gasteiger partial charge in [-0.2, -0.15) is 0 Å². The summed E-state index contributed by atoms with van der Waals surface area (Å²) in [5.74, 6) is 2.06. The minimum Gasteiger partial charge on any atom is -0.497 e. The Hall–Kier alpha value is -2.73. The summed E-state index contributed by atoms with van der Waals surface area (Å²) in [4.78, 5) is 15.5. The summed E-state index contributed by atoms with van der Waals surface area (Å²) in [6.07, 6.45) is 4.93. The maximum Gasteiger partial charge on any atom is 0.407 e. The highest BCUT2D eigenvalue weighted by Crippen LogP contribution is 2.51. The molecule has 6 rings (SSSR count). The quantitative estimate of drug-likeness (QED) is 0.562. The van der Waals surface area contributed by atoms with E-state index in [1.165, 1.54) is 11.1 Å². The monoisotopic (exact) mass is 478 g/mol. The van der Waals surface area contributed by atoms with Crippen LogP contribution in [0.25, 0.3) is 11.1 Å². The molecular formula is C29H38N2O4. The Morgan fingerprint density at radius 2 is 1.83 bits per heavy atom. The van der Waals surface area contributed by atoms with Crippen LogP contribution >= 0.6 is 0 Å². The van der Waals surface area contributed by atoms with E-state index in [1.807, 2.05) is 18.2 Å². The number of rotatable bonds is 7. The molecule has 3 fully saturated rings. The van der Waals surface area contributed by atoms with Crippen LogP contribution in [0.5, 0.6) is 11.5 Å². The lowest BCUT2D eigenvalue weighted by Gasteiger charge is -2.44. The third-order valence-electron chi connectivity index (χ3n) is 8.85. The van der Waals surface area contributed by atoms with E-state index in [0.29, 0.717) is 5.92 Å². The Kier molecular flexibility index (Phi) is 6.67. The van der Waals surface area contributed by atoms with Gasteiger partial charge in [-0.3, -0.25) is 4.90 Å². The lowest BCUT2D eigenvalue weighted by Crippen LogP contribution is -2.53. The number of ether oxygens (including phenoxy) is 3. The van der Waals surface area contributed by atoms with E-state index in [-0.39, 0.29) is 23.7 Å². The minimum atomic E-state index is -0.270. The van der Waals surface area contributed by atoms with Gasteiger partial charge in [-0.05, 0) is 85.3 Å². The molecule has 2 aromatic carbocycles. The Morgan fingerprint density at radius 3 is 2.46 bits per heavy atom. The van der Waals surface area contributed by atoms with E-state index >= 15 is 0 Å². The lowest BCUT2D eigenvalue weighted by atomic mass is 9.76. The third kappa shape index (κ3) is 4.37. The summed E-state index contributed by atoms with van der Waals surface area (Å²) < 4.78 is 17.0. The van der Waals surface area contributed by atoms with Gasteiger partial charge in [0.2, 0.25) is 0 Å². The summed E-state index contributed by atoms with van der Waals surface area (Å²) in [5.41, 5.74) is 4.62. The standard InChI is InChI=1S/C29H38N2O4/c1-5-29(6-2)17-21-15-20(23-10-8-22(33-3)16-25(23)34-4)7-9-24(21)27(29)30-28(32)35-26-18-31-13-11-19(26)12-14-31/h7-10,15-16,19,26-27H,5-6,11-14,17-18H2,1-4H3,(H,30,32)/t26-,27?/m1/s1. The van der Waals surface area contributed by atoms with Crippen molar-refractivity contribution >= 4 is 6.09 Å². The van der Waals surface area contributed by atoms with Gasteiger partial charge in [-0.25, -0.2) is 4.79 Å². The molecule has 1 aliphatic carbocycles. The minimum absolute atomic E-state index is 0.0148. The molecule has 3 saturated heterocycles. The van der Waals surface area contributed by atoms with Crippen molar-refractivity contribution in [1.29, 1.82) is 0 Å². The van der Waals surface area contributed by atoms with Crippen molar-refractivity contribution in [2.24, 2.45) is 11.3 Å². The molecule has 1 amide bonds. The normalized spacial score (nSPS) is 26.2. The molecule has 1 unspecified atom stereocenters. The molecule has 35 heavy (non-hydrogen) atoms. The molecule has 0 radical (unpaired) electrons. The maximum atomic E-state index is 13.1. The van der Waals surface area contributed by atoms with Crippen LogP contribution < -0.4 is 14.8 Å². The Bertz CT molecular complexity index is 1070. The smallest absolute Gasteiger partial charge is 0.407 e. The number of nitrogens with one attached hydrogen (secondary N) is 1. The first kappa shape index (κ1) is 24.0. The molecule has 4 aliphatic rings. The zero-order chi connectivity index (χ0) is 24.6. The van der Waals surface area contributed by atoms with Gasteiger partial charge in [-0.1, -0.05) is 32.0 Å². The number of hydrogen-bond donors (Lipinski definition) is 1. The van der Waals surface area contributed by atoms with Crippen LogP contribution in [0.15, 0.2) is 36.4 Å². The number of piperidine rings is 3. The number of alkyl carbamates (subject to hydrolysis) is 1. The van der Waals surface area contributed by atoms with Crippen molar-refractivity contribution in [1.82, 2.24) is 10.2 Å². The lowest BCUT2D eigenvalue weighted by molar-refractivity contribution is -0.0353. The zero-order valence-electron chi connectivity index (χ0n) is 21.4. The van der Waals surface area contributed by atoms with Crippen LogP contribution in [0.2, 0.25) is 0 Å². The molecule has 2 aromatic rings. The molecule has 0 spiro atoms. The summed E-state index contributed by atoms with van der Waals surface area (Å²) in [5, 5.41) is 3.31. The van der Waals surface area contributed by atoms with Gasteiger partial charge in [0.05, 0.1) is 20.3 Å². The van der Waals surface area contributed by atoms with E-state index in [1.54, 1.807) is 14.2 Å². The molecule has 3 aliphatic heterocycles. The molecule has 6 nitrogen and oxygen atoms in total. The number of amides is 1. The fourth-order valence-electron chi connectivity index (χ4n) is 6.53. The number of benzene rings is 2. The molecule has 2 bridgehead atoms. The summed E-state index contributed by atoms with van der Waals surface area (Å²) in [6.45, 7) is 7.61. The molecular weight excluding hydrogens is 440 g/mol. The van der Waals surface area contributed by atoms with Crippen molar-refractivity contribution in [3.63, 3.8) is 0 Å². The Morgan fingerprint density at radius 1 is 1.06 bits per heavy atom. The second kappa shape index (κ2) is 9.73. The fraction of sp³-hybridized carbons (Fsp3) is 0.552. The number of methoxy groups -OCH3 is 2. The first-order valence-corrected chi connectivity index (χ1v) is 13.0. The maximum absolute atomic E-state index is 13.1. The first-order chi connectivity index (χ1) is 17.0. The second-order valence-electron chi connectivity index (χ2n) is 10.4. The zero-order valence-corrected chi connectivity index (χ0v) is 21.4. The molecule has 3 heterocycles. The van der Waals surface area contributed by atoms with E-state index in [4.69, 9.17) is 14.2 Å². The van der Waals surface area contributed by atoms with Gasteiger partial charge < -0.3 is 19.5 Å². The highest BCUT2D eigenvalue weighted by atomic mass is 16.6. The molecule has 188 valence electrons. The van der Waals surface area contributed by atoms with Crippen LogP contribution in [-0.2, 0) is 11.2 Å². The molecule has 1 N–H and O–H groups in total. The molecule has 6 heteroatoms. The van der Waals surface area contributed by atoms with E-state index < -0.39 is 0 Å². The highest BCUT2D eigenvalue weighted by Gasteiger charge is 2.45. The van der Waals surface area contributed by atoms with Crippen molar-refractivity contribution < 1.29 is 19.0 Å². The first-order valence-electron chi connectivity index (χ1n) is 13.0. The average Bonchev–Trinajstić information content (AvgIpc) is 3.21. The highest BCUT2D eigenvalue weighted by molar-refractivity contribution is 5.74. The summed E-state index contributed by atoms with van der Waals surface area (Å²) >= 11 is 0. The number of nitrogens with zero attached hydrogens (tertiary/aromatic N) is 1. The Labute approximate surface area is 208 Å². The van der Waals surface area contributed by atoms with E-state index in [0.717, 1.165) is 74.4 Å². The van der Waals surface area contributed by atoms with Gasteiger partial charge in [0.1, 0.15) is 17.6 Å². The van der Waals surface area contributed by atoms with Gasteiger partial charge in [0.25, 0.3) is 0 Å². The Balaban J connectivity index is 1.40. The van der Waals surface area contributed by atoms with Crippen molar-refractivity contribution in [3.05, 3.63) is 47.5 Å². The topological polar surface area (TPSA) is 60.0 Å². The van der Waals surface area contributed by atoms with Crippen LogP contribution in [0.4, 0.5) is 4.79 Å². The summed E-state index contributed by atoms with van der Waals surface area (Å²) in [7, 11) is 3.35. The van der Waals surface area contributed by atoms with Crippen molar-refractivity contribution in [2.75, 3.05) is 33.9 Å².